The minimum absolute atomic E-state index is 0.0255. The molecule has 1 amide bonds. The maximum absolute atomic E-state index is 13.7. The lowest BCUT2D eigenvalue weighted by atomic mass is 9.77. The normalized spacial score (nSPS) is 19.3. The van der Waals surface area contributed by atoms with E-state index in [9.17, 15) is 19.5 Å². The van der Waals surface area contributed by atoms with E-state index in [1.54, 1.807) is 56.6 Å². The number of benzene rings is 2. The Morgan fingerprint density at radius 1 is 1.13 bits per heavy atom. The maximum atomic E-state index is 13.7. The molecule has 202 valence electrons. The van der Waals surface area contributed by atoms with Crippen LogP contribution in [0.3, 0.4) is 0 Å². The summed E-state index contributed by atoms with van der Waals surface area (Å²) in [7, 11) is 0. The fourth-order valence-corrected chi connectivity index (χ4v) is 5.18. The van der Waals surface area contributed by atoms with Crippen LogP contribution in [-0.4, -0.2) is 57.7 Å². The van der Waals surface area contributed by atoms with E-state index in [4.69, 9.17) is 4.74 Å². The summed E-state index contributed by atoms with van der Waals surface area (Å²) >= 11 is 0. The van der Waals surface area contributed by atoms with E-state index in [1.807, 2.05) is 36.4 Å². The molecule has 3 aromatic rings. The monoisotopic (exact) mass is 520 g/mol. The second-order valence-corrected chi connectivity index (χ2v) is 10.5. The van der Waals surface area contributed by atoms with Gasteiger partial charge in [0, 0.05) is 13.1 Å². The summed E-state index contributed by atoms with van der Waals surface area (Å²) in [6.45, 7) is 7.74. The van der Waals surface area contributed by atoms with Crippen LogP contribution in [0, 0.1) is 12.3 Å². The highest BCUT2D eigenvalue weighted by molar-refractivity contribution is 5.96. The Morgan fingerprint density at radius 3 is 2.37 bits per heavy atom. The number of para-hydroxylation sites is 1. The maximum Gasteiger partial charge on any atom is 0.315 e. The van der Waals surface area contributed by atoms with Crippen LogP contribution in [0.5, 0.6) is 0 Å². The summed E-state index contributed by atoms with van der Waals surface area (Å²) < 4.78 is 8.52. The highest BCUT2D eigenvalue weighted by atomic mass is 16.5. The molecule has 1 fully saturated rings. The summed E-state index contributed by atoms with van der Waals surface area (Å²) in [6.07, 6.45) is 0.373. The molecule has 2 unspecified atom stereocenters. The molecular formula is C29H36N4O5. The summed E-state index contributed by atoms with van der Waals surface area (Å²) in [4.78, 5) is 40.8. The van der Waals surface area contributed by atoms with Gasteiger partial charge >= 0.3 is 5.97 Å². The predicted molar refractivity (Wildman–Crippen MR) is 144 cm³/mol. The number of ether oxygens (including phenoxy) is 1. The first-order valence-corrected chi connectivity index (χ1v) is 12.9. The Balaban J connectivity index is 1.74. The number of hydrogen-bond acceptors (Lipinski definition) is 6. The van der Waals surface area contributed by atoms with Crippen molar-refractivity contribution in [3.05, 3.63) is 87.8 Å². The molecule has 1 aromatic heterocycles. The van der Waals surface area contributed by atoms with Gasteiger partial charge in [0.2, 0.25) is 0 Å². The molecule has 1 aliphatic heterocycles. The van der Waals surface area contributed by atoms with Crippen LogP contribution >= 0.6 is 0 Å². The fraction of sp³-hybridized carbons (Fsp3) is 0.414. The number of aliphatic hydroxyl groups is 1. The third-order valence-electron chi connectivity index (χ3n) is 6.97. The van der Waals surface area contributed by atoms with Crippen LogP contribution < -0.4 is 16.2 Å². The molecule has 2 atom stereocenters. The molecule has 38 heavy (non-hydrogen) atoms. The van der Waals surface area contributed by atoms with Crippen LogP contribution in [0.2, 0.25) is 0 Å². The first-order chi connectivity index (χ1) is 18.1. The van der Waals surface area contributed by atoms with Crippen molar-refractivity contribution in [1.29, 1.82) is 0 Å². The van der Waals surface area contributed by atoms with Gasteiger partial charge in [0.25, 0.3) is 11.5 Å². The van der Waals surface area contributed by atoms with Gasteiger partial charge in [-0.05, 0) is 51.8 Å². The third-order valence-corrected chi connectivity index (χ3v) is 6.97. The fourth-order valence-electron chi connectivity index (χ4n) is 5.18. The molecule has 9 nitrogen and oxygen atoms in total. The number of carbonyl (C=O) groups excluding carboxylic acids is 2. The van der Waals surface area contributed by atoms with Gasteiger partial charge in [-0.1, -0.05) is 48.5 Å². The Kier molecular flexibility index (Phi) is 7.89. The lowest BCUT2D eigenvalue weighted by molar-refractivity contribution is -0.155. The van der Waals surface area contributed by atoms with E-state index in [0.717, 1.165) is 5.56 Å². The molecule has 0 saturated carbocycles. The summed E-state index contributed by atoms with van der Waals surface area (Å²) in [5.74, 6) is -0.959. The SMILES string of the molecule is CCOC(=O)C1(Cc2ccccc2)CNCC1NC(=O)c1c(C)n(CC(C)(C)O)n(-c2ccccc2)c1=O. The summed E-state index contributed by atoms with van der Waals surface area (Å²) in [5, 5.41) is 16.8. The molecular weight excluding hydrogens is 484 g/mol. The van der Waals surface area contributed by atoms with Crippen molar-refractivity contribution in [2.24, 2.45) is 5.41 Å². The zero-order valence-electron chi connectivity index (χ0n) is 22.4. The van der Waals surface area contributed by atoms with Crippen molar-refractivity contribution in [3.63, 3.8) is 0 Å². The Hall–Kier alpha value is -3.69. The number of aromatic nitrogens is 2. The zero-order valence-corrected chi connectivity index (χ0v) is 22.4. The summed E-state index contributed by atoms with van der Waals surface area (Å²) in [6, 6.07) is 18.0. The first-order valence-electron chi connectivity index (χ1n) is 12.9. The Labute approximate surface area is 222 Å². The largest absolute Gasteiger partial charge is 0.465 e. The van der Waals surface area contributed by atoms with E-state index in [0.29, 0.717) is 30.9 Å². The minimum atomic E-state index is -1.13. The number of nitrogens with one attached hydrogen (secondary N) is 2. The number of esters is 1. The average molecular weight is 521 g/mol. The van der Waals surface area contributed by atoms with Gasteiger partial charge in [-0.2, -0.15) is 0 Å². The van der Waals surface area contributed by atoms with E-state index in [1.165, 1.54) is 4.68 Å². The van der Waals surface area contributed by atoms with Crippen molar-refractivity contribution >= 4 is 11.9 Å². The molecule has 2 aromatic carbocycles. The van der Waals surface area contributed by atoms with Crippen molar-refractivity contribution in [1.82, 2.24) is 20.0 Å². The smallest absolute Gasteiger partial charge is 0.315 e. The van der Waals surface area contributed by atoms with E-state index in [2.05, 4.69) is 10.6 Å². The molecule has 4 rings (SSSR count). The molecule has 2 heterocycles. The van der Waals surface area contributed by atoms with Gasteiger partial charge in [0.15, 0.2) is 0 Å². The highest BCUT2D eigenvalue weighted by Crippen LogP contribution is 2.33. The quantitative estimate of drug-likeness (QED) is 0.373. The molecule has 9 heteroatoms. The number of hydrogen-bond donors (Lipinski definition) is 3. The minimum Gasteiger partial charge on any atom is -0.465 e. The lowest BCUT2D eigenvalue weighted by Crippen LogP contribution is -2.53. The number of carbonyl (C=O) groups is 2. The first kappa shape index (κ1) is 27.3. The average Bonchev–Trinajstić information content (AvgIpc) is 3.37. The molecule has 0 bridgehead atoms. The van der Waals surface area contributed by atoms with Crippen LogP contribution in [0.4, 0.5) is 0 Å². The molecule has 1 saturated heterocycles. The van der Waals surface area contributed by atoms with Crippen molar-refractivity contribution in [2.45, 2.75) is 52.3 Å². The number of amides is 1. The van der Waals surface area contributed by atoms with Gasteiger partial charge in [-0.25, -0.2) is 4.68 Å². The molecule has 0 spiro atoms. The second-order valence-electron chi connectivity index (χ2n) is 10.5. The summed E-state index contributed by atoms with van der Waals surface area (Å²) in [5.41, 5.74) is -0.735. The third kappa shape index (κ3) is 5.44. The van der Waals surface area contributed by atoms with E-state index >= 15 is 0 Å². The van der Waals surface area contributed by atoms with Gasteiger partial charge in [-0.15, -0.1) is 0 Å². The lowest BCUT2D eigenvalue weighted by Gasteiger charge is -2.32. The second kappa shape index (κ2) is 11.0. The van der Waals surface area contributed by atoms with Gasteiger partial charge in [0.05, 0.1) is 36.2 Å². The number of rotatable bonds is 9. The zero-order chi connectivity index (χ0) is 27.5. The van der Waals surface area contributed by atoms with Crippen molar-refractivity contribution in [2.75, 3.05) is 19.7 Å². The van der Waals surface area contributed by atoms with Crippen LogP contribution in [0.25, 0.3) is 5.69 Å². The number of nitrogens with zero attached hydrogens (tertiary/aromatic N) is 2. The van der Waals surface area contributed by atoms with Gasteiger partial charge < -0.3 is 20.5 Å². The predicted octanol–water partition coefficient (Wildman–Crippen LogP) is 2.21. The van der Waals surface area contributed by atoms with Crippen LogP contribution in [0.15, 0.2) is 65.5 Å². The van der Waals surface area contributed by atoms with Gasteiger partial charge in [0.1, 0.15) is 11.0 Å². The molecule has 3 N–H and O–H groups in total. The van der Waals surface area contributed by atoms with Crippen LogP contribution in [-0.2, 0) is 22.5 Å². The van der Waals surface area contributed by atoms with E-state index in [-0.39, 0.29) is 18.7 Å². The molecule has 1 aliphatic rings. The Morgan fingerprint density at radius 2 is 1.76 bits per heavy atom. The standard InChI is InChI=1S/C29H36N4O5/c1-5-38-27(36)29(16-21-12-8-6-9-13-21)18-30-17-23(29)31-25(34)24-20(2)32(19-28(3,4)37)33(26(24)35)22-14-10-7-11-15-22/h6-15,23,30,37H,5,16-19H2,1-4H3,(H,31,34). The van der Waals surface area contributed by atoms with Crippen molar-refractivity contribution in [3.8, 4) is 5.69 Å². The topological polar surface area (TPSA) is 115 Å². The molecule has 0 radical (unpaired) electrons. The van der Waals surface area contributed by atoms with Crippen LogP contribution in [0.1, 0.15) is 42.4 Å². The van der Waals surface area contributed by atoms with E-state index < -0.39 is 34.5 Å². The van der Waals surface area contributed by atoms with Crippen molar-refractivity contribution < 1.29 is 19.4 Å². The van der Waals surface area contributed by atoms with Gasteiger partial charge in [-0.3, -0.25) is 19.1 Å². The Bertz CT molecular complexity index is 1340. The highest BCUT2D eigenvalue weighted by Gasteiger charge is 2.51. The molecule has 0 aliphatic carbocycles.